The molecule has 0 spiro atoms. The van der Waals surface area contributed by atoms with Crippen LogP contribution in [-0.4, -0.2) is 21.3 Å². The molecule has 1 rings (SSSR count). The molecule has 100 valence electrons. The van der Waals surface area contributed by atoms with Crippen molar-refractivity contribution < 1.29 is 20.1 Å². The highest BCUT2D eigenvalue weighted by Crippen LogP contribution is 2.31. The molecule has 1 aromatic carbocycles. The van der Waals surface area contributed by atoms with Gasteiger partial charge in [0.2, 0.25) is 0 Å². The quantitative estimate of drug-likeness (QED) is 0.752. The van der Waals surface area contributed by atoms with E-state index < -0.39 is 12.1 Å². The number of aliphatic hydroxyl groups is 1. The second kappa shape index (κ2) is 5.87. The number of phenolic OH excluding ortho intramolecular Hbond substituents is 1. The molecule has 0 fully saturated rings. The molecular formula is C14H20O4. The van der Waals surface area contributed by atoms with Crippen LogP contribution in [0.5, 0.6) is 5.75 Å². The first-order valence-electron chi connectivity index (χ1n) is 6.06. The highest BCUT2D eigenvalue weighted by Gasteiger charge is 2.22. The smallest absolute Gasteiger partial charge is 0.337 e. The van der Waals surface area contributed by atoms with Gasteiger partial charge in [0.25, 0.3) is 0 Å². The molecule has 1 unspecified atom stereocenters. The summed E-state index contributed by atoms with van der Waals surface area (Å²) in [5.74, 6) is -0.766. The Hall–Kier alpha value is -1.55. The summed E-state index contributed by atoms with van der Waals surface area (Å²) in [6.07, 6.45) is -0.194. The number of carboxylic acids is 1. The molecule has 0 heterocycles. The molecule has 1 aromatic rings. The SMILES string of the molecule is Cc1ccc(C(O)C(=O)O)c(CCC(C)C)c1O. The number of aliphatic hydroxyl groups excluding tert-OH is 1. The molecule has 0 radical (unpaired) electrons. The molecule has 4 nitrogen and oxygen atoms in total. The zero-order chi connectivity index (χ0) is 13.9. The van der Waals surface area contributed by atoms with Gasteiger partial charge in [-0.05, 0) is 36.8 Å². The monoisotopic (exact) mass is 252 g/mol. The number of hydrogen-bond acceptors (Lipinski definition) is 3. The highest BCUT2D eigenvalue weighted by molar-refractivity contribution is 5.75. The fourth-order valence-corrected chi connectivity index (χ4v) is 1.85. The van der Waals surface area contributed by atoms with Gasteiger partial charge in [-0.15, -0.1) is 0 Å². The summed E-state index contributed by atoms with van der Waals surface area (Å²) >= 11 is 0. The van der Waals surface area contributed by atoms with Crippen LogP contribution in [0.1, 0.15) is 43.1 Å². The van der Waals surface area contributed by atoms with E-state index in [1.165, 1.54) is 0 Å². The number of carbonyl (C=O) groups is 1. The van der Waals surface area contributed by atoms with Crippen molar-refractivity contribution in [1.82, 2.24) is 0 Å². The molecule has 0 amide bonds. The fourth-order valence-electron chi connectivity index (χ4n) is 1.85. The van der Waals surface area contributed by atoms with E-state index in [0.29, 0.717) is 23.5 Å². The normalized spacial score (nSPS) is 12.7. The van der Waals surface area contributed by atoms with E-state index in [1.54, 1.807) is 19.1 Å². The summed E-state index contributed by atoms with van der Waals surface area (Å²) in [6, 6.07) is 3.19. The standard InChI is InChI=1S/C14H20O4/c1-8(2)4-6-10-11(13(16)14(17)18)7-5-9(3)12(10)15/h5,7-8,13,15-16H,4,6H2,1-3H3,(H,17,18). The van der Waals surface area contributed by atoms with E-state index in [2.05, 4.69) is 13.8 Å². The van der Waals surface area contributed by atoms with Gasteiger partial charge in [-0.3, -0.25) is 0 Å². The van der Waals surface area contributed by atoms with Crippen molar-refractivity contribution in [2.75, 3.05) is 0 Å². The largest absolute Gasteiger partial charge is 0.507 e. The van der Waals surface area contributed by atoms with E-state index in [4.69, 9.17) is 5.11 Å². The van der Waals surface area contributed by atoms with Gasteiger partial charge in [0, 0.05) is 5.56 Å². The zero-order valence-electron chi connectivity index (χ0n) is 11.0. The molecule has 18 heavy (non-hydrogen) atoms. The van der Waals surface area contributed by atoms with Gasteiger partial charge in [-0.2, -0.15) is 0 Å². The van der Waals surface area contributed by atoms with Crippen molar-refractivity contribution in [1.29, 1.82) is 0 Å². The zero-order valence-corrected chi connectivity index (χ0v) is 11.0. The van der Waals surface area contributed by atoms with Crippen LogP contribution >= 0.6 is 0 Å². The Balaban J connectivity index is 3.16. The van der Waals surface area contributed by atoms with Crippen LogP contribution in [0.3, 0.4) is 0 Å². The third-order valence-electron chi connectivity index (χ3n) is 3.02. The lowest BCUT2D eigenvalue weighted by molar-refractivity contribution is -0.147. The number of benzene rings is 1. The first kappa shape index (κ1) is 14.5. The summed E-state index contributed by atoms with van der Waals surface area (Å²) in [7, 11) is 0. The molecule has 0 bridgehead atoms. The Morgan fingerprint density at radius 3 is 2.44 bits per heavy atom. The van der Waals surface area contributed by atoms with Gasteiger partial charge < -0.3 is 15.3 Å². The van der Waals surface area contributed by atoms with Crippen molar-refractivity contribution in [3.05, 3.63) is 28.8 Å². The average Bonchev–Trinajstić information content (AvgIpc) is 2.29. The minimum absolute atomic E-state index is 0.0912. The highest BCUT2D eigenvalue weighted by atomic mass is 16.4. The third kappa shape index (κ3) is 3.23. The van der Waals surface area contributed by atoms with Crippen LogP contribution in [0.4, 0.5) is 0 Å². The lowest BCUT2D eigenvalue weighted by Crippen LogP contribution is -2.13. The van der Waals surface area contributed by atoms with Crippen LogP contribution in [0, 0.1) is 12.8 Å². The van der Waals surface area contributed by atoms with Gasteiger partial charge in [-0.1, -0.05) is 26.0 Å². The van der Waals surface area contributed by atoms with Crippen molar-refractivity contribution in [3.8, 4) is 5.75 Å². The molecular weight excluding hydrogens is 232 g/mol. The van der Waals surface area contributed by atoms with E-state index >= 15 is 0 Å². The van der Waals surface area contributed by atoms with E-state index in [9.17, 15) is 15.0 Å². The summed E-state index contributed by atoms with van der Waals surface area (Å²) in [5.41, 5.74) is 1.51. The summed E-state index contributed by atoms with van der Waals surface area (Å²) in [5, 5.41) is 28.5. The van der Waals surface area contributed by atoms with Gasteiger partial charge in [0.05, 0.1) is 0 Å². The number of aryl methyl sites for hydroxylation is 1. The number of phenols is 1. The van der Waals surface area contributed by atoms with Gasteiger partial charge in [0.1, 0.15) is 5.75 Å². The molecule has 3 N–H and O–H groups in total. The van der Waals surface area contributed by atoms with E-state index in [-0.39, 0.29) is 11.3 Å². The Morgan fingerprint density at radius 2 is 1.94 bits per heavy atom. The lowest BCUT2D eigenvalue weighted by Gasteiger charge is -2.16. The van der Waals surface area contributed by atoms with Gasteiger partial charge in [-0.25, -0.2) is 4.79 Å². The molecule has 4 heteroatoms. The number of hydrogen-bond donors (Lipinski definition) is 3. The first-order chi connectivity index (χ1) is 8.34. The third-order valence-corrected chi connectivity index (χ3v) is 3.02. The first-order valence-corrected chi connectivity index (χ1v) is 6.06. The van der Waals surface area contributed by atoms with Crippen molar-refractivity contribution in [2.24, 2.45) is 5.92 Å². The predicted molar refractivity (Wildman–Crippen MR) is 68.6 cm³/mol. The number of aromatic hydroxyl groups is 1. The van der Waals surface area contributed by atoms with Crippen molar-refractivity contribution in [3.63, 3.8) is 0 Å². The summed E-state index contributed by atoms with van der Waals surface area (Å²) in [6.45, 7) is 5.87. The molecule has 0 saturated carbocycles. The van der Waals surface area contributed by atoms with E-state index in [0.717, 1.165) is 6.42 Å². The minimum Gasteiger partial charge on any atom is -0.507 e. The minimum atomic E-state index is -1.58. The Bertz CT molecular complexity index is 438. The van der Waals surface area contributed by atoms with Crippen LogP contribution in [0.25, 0.3) is 0 Å². The predicted octanol–water partition coefficient (Wildman–Crippen LogP) is 2.41. The van der Waals surface area contributed by atoms with Crippen molar-refractivity contribution in [2.45, 2.75) is 39.7 Å². The Morgan fingerprint density at radius 1 is 1.33 bits per heavy atom. The van der Waals surface area contributed by atoms with E-state index in [1.807, 2.05) is 0 Å². The second-order valence-corrected chi connectivity index (χ2v) is 4.97. The Kier molecular flexibility index (Phi) is 4.73. The number of carboxylic acid groups (broad SMARTS) is 1. The average molecular weight is 252 g/mol. The summed E-state index contributed by atoms with van der Waals surface area (Å²) < 4.78 is 0. The molecule has 0 saturated heterocycles. The van der Waals surface area contributed by atoms with Gasteiger partial charge >= 0.3 is 5.97 Å². The summed E-state index contributed by atoms with van der Waals surface area (Å²) in [4.78, 5) is 10.9. The number of aliphatic carboxylic acids is 1. The molecule has 0 aliphatic heterocycles. The van der Waals surface area contributed by atoms with Crippen LogP contribution in [0.15, 0.2) is 12.1 Å². The maximum atomic E-state index is 10.9. The molecule has 1 atom stereocenters. The van der Waals surface area contributed by atoms with Crippen molar-refractivity contribution >= 4 is 5.97 Å². The molecule has 0 aliphatic carbocycles. The van der Waals surface area contributed by atoms with Crippen LogP contribution in [-0.2, 0) is 11.2 Å². The second-order valence-electron chi connectivity index (χ2n) is 4.97. The maximum Gasteiger partial charge on any atom is 0.337 e. The fraction of sp³-hybridized carbons (Fsp3) is 0.500. The van der Waals surface area contributed by atoms with Crippen LogP contribution < -0.4 is 0 Å². The maximum absolute atomic E-state index is 10.9. The molecule has 0 aliphatic rings. The molecule has 0 aromatic heterocycles. The Labute approximate surface area is 107 Å². The topological polar surface area (TPSA) is 77.8 Å². The van der Waals surface area contributed by atoms with Crippen LogP contribution in [0.2, 0.25) is 0 Å². The lowest BCUT2D eigenvalue weighted by atomic mass is 9.93. The number of rotatable bonds is 5. The van der Waals surface area contributed by atoms with Gasteiger partial charge in [0.15, 0.2) is 6.10 Å².